The predicted octanol–water partition coefficient (Wildman–Crippen LogP) is 2.26. The Bertz CT molecular complexity index is 375. The van der Waals surface area contributed by atoms with Crippen molar-refractivity contribution in [2.24, 2.45) is 0 Å². The van der Waals surface area contributed by atoms with E-state index < -0.39 is 5.97 Å². The van der Waals surface area contributed by atoms with E-state index in [4.69, 9.17) is 0 Å². The first kappa shape index (κ1) is 11.2. The van der Waals surface area contributed by atoms with Crippen LogP contribution in [0, 0.1) is 0 Å². The summed E-state index contributed by atoms with van der Waals surface area (Å²) in [7, 11) is 1.30. The summed E-state index contributed by atoms with van der Waals surface area (Å²) in [5, 5.41) is 4.77. The third kappa shape index (κ3) is 2.33. The summed E-state index contributed by atoms with van der Waals surface area (Å²) in [4.78, 5) is 22.1. The maximum atomic E-state index is 11.3. The molecule has 0 aromatic carbocycles. The quantitative estimate of drug-likeness (QED) is 0.844. The van der Waals surface area contributed by atoms with Gasteiger partial charge < -0.3 is 10.1 Å². The van der Waals surface area contributed by atoms with Crippen LogP contribution in [0.2, 0.25) is 0 Å². The van der Waals surface area contributed by atoms with Gasteiger partial charge >= 0.3 is 5.97 Å². The molecule has 0 unspecified atom stereocenters. The molecule has 1 aromatic heterocycles. The maximum Gasteiger partial charge on any atom is 0.342 e. The van der Waals surface area contributed by atoms with Crippen LogP contribution in [-0.4, -0.2) is 19.0 Å². The smallest absolute Gasteiger partial charge is 0.342 e. The molecule has 0 saturated heterocycles. The normalized spacial score (nSPS) is 9.64. The third-order valence-electron chi connectivity index (χ3n) is 1.43. The molecular weight excluding hydrogens is 270 g/mol. The van der Waals surface area contributed by atoms with E-state index in [1.807, 2.05) is 0 Å². The second-order valence-electron chi connectivity index (χ2n) is 2.46. The molecule has 14 heavy (non-hydrogen) atoms. The zero-order chi connectivity index (χ0) is 10.7. The molecule has 0 bridgehead atoms. The first-order chi connectivity index (χ1) is 6.56. The number of hydrogen-bond donors (Lipinski definition) is 1. The number of hydrogen-bond acceptors (Lipinski definition) is 4. The van der Waals surface area contributed by atoms with Crippen LogP contribution < -0.4 is 5.32 Å². The number of esters is 1. The van der Waals surface area contributed by atoms with Gasteiger partial charge in [-0.25, -0.2) is 4.79 Å². The topological polar surface area (TPSA) is 55.4 Å². The summed E-state index contributed by atoms with van der Waals surface area (Å²) in [6.07, 6.45) is 0. The minimum Gasteiger partial charge on any atom is -0.465 e. The van der Waals surface area contributed by atoms with E-state index in [2.05, 4.69) is 26.0 Å². The van der Waals surface area contributed by atoms with Gasteiger partial charge in [0.2, 0.25) is 5.91 Å². The standard InChI is InChI=1S/C8H8BrNO3S/c1-4(11)10-7-6(8(12)13-2)5(9)3-14-7/h3H,1-2H3,(H,10,11). The van der Waals surface area contributed by atoms with Gasteiger partial charge in [0.25, 0.3) is 0 Å². The monoisotopic (exact) mass is 277 g/mol. The molecule has 0 aliphatic rings. The van der Waals surface area contributed by atoms with Crippen LogP contribution in [0.1, 0.15) is 17.3 Å². The van der Waals surface area contributed by atoms with Crippen molar-refractivity contribution in [3.8, 4) is 0 Å². The highest BCUT2D eigenvalue weighted by molar-refractivity contribution is 9.10. The average Bonchev–Trinajstić information content (AvgIpc) is 2.45. The van der Waals surface area contributed by atoms with E-state index in [-0.39, 0.29) is 5.91 Å². The Balaban J connectivity index is 3.05. The second-order valence-corrected chi connectivity index (χ2v) is 4.19. The number of anilines is 1. The van der Waals surface area contributed by atoms with Crippen molar-refractivity contribution in [1.82, 2.24) is 0 Å². The summed E-state index contributed by atoms with van der Waals surface area (Å²) >= 11 is 4.48. The van der Waals surface area contributed by atoms with E-state index in [0.29, 0.717) is 15.0 Å². The highest BCUT2D eigenvalue weighted by atomic mass is 79.9. The Hall–Kier alpha value is -0.880. The highest BCUT2D eigenvalue weighted by Crippen LogP contribution is 2.32. The SMILES string of the molecule is COC(=O)c1c(Br)csc1NC(C)=O. The molecule has 0 spiro atoms. The number of thiophene rings is 1. The molecule has 4 nitrogen and oxygen atoms in total. The average molecular weight is 278 g/mol. The summed E-state index contributed by atoms with van der Waals surface area (Å²) in [5.74, 6) is -0.689. The zero-order valence-electron chi connectivity index (χ0n) is 7.59. The summed E-state index contributed by atoms with van der Waals surface area (Å²) < 4.78 is 5.21. The first-order valence-corrected chi connectivity index (χ1v) is 5.36. The van der Waals surface area contributed by atoms with Gasteiger partial charge in [0.15, 0.2) is 0 Å². The Labute approximate surface area is 93.4 Å². The van der Waals surface area contributed by atoms with E-state index in [0.717, 1.165) is 0 Å². The number of amides is 1. The van der Waals surface area contributed by atoms with Gasteiger partial charge in [-0.2, -0.15) is 0 Å². The van der Waals surface area contributed by atoms with Crippen LogP contribution in [0.5, 0.6) is 0 Å². The van der Waals surface area contributed by atoms with Crippen LogP contribution in [0.3, 0.4) is 0 Å². The van der Waals surface area contributed by atoms with Crippen molar-refractivity contribution in [1.29, 1.82) is 0 Å². The molecule has 6 heteroatoms. The Morgan fingerprint density at radius 2 is 2.21 bits per heavy atom. The van der Waals surface area contributed by atoms with Gasteiger partial charge in [0.1, 0.15) is 10.6 Å². The van der Waals surface area contributed by atoms with Crippen molar-refractivity contribution in [3.63, 3.8) is 0 Å². The molecule has 0 saturated carbocycles. The summed E-state index contributed by atoms with van der Waals surface area (Å²) in [5.41, 5.74) is 0.354. The van der Waals surface area contributed by atoms with Gasteiger partial charge in [-0.3, -0.25) is 4.79 Å². The number of carbonyl (C=O) groups is 2. The highest BCUT2D eigenvalue weighted by Gasteiger charge is 2.18. The molecule has 76 valence electrons. The lowest BCUT2D eigenvalue weighted by Crippen LogP contribution is -2.09. The van der Waals surface area contributed by atoms with Gasteiger partial charge in [-0.05, 0) is 15.9 Å². The lowest BCUT2D eigenvalue weighted by molar-refractivity contribution is -0.114. The number of rotatable bonds is 2. The first-order valence-electron chi connectivity index (χ1n) is 3.69. The van der Waals surface area contributed by atoms with Crippen LogP contribution >= 0.6 is 27.3 Å². The van der Waals surface area contributed by atoms with Gasteiger partial charge in [-0.15, -0.1) is 11.3 Å². The Morgan fingerprint density at radius 3 is 2.71 bits per heavy atom. The van der Waals surface area contributed by atoms with Crippen molar-refractivity contribution in [2.45, 2.75) is 6.92 Å². The molecule has 0 aliphatic carbocycles. The maximum absolute atomic E-state index is 11.3. The number of carbonyl (C=O) groups excluding carboxylic acids is 2. The number of ether oxygens (including phenoxy) is 1. The molecule has 1 rings (SSSR count). The van der Waals surface area contributed by atoms with Crippen molar-refractivity contribution in [2.75, 3.05) is 12.4 Å². The van der Waals surface area contributed by atoms with Crippen LogP contribution in [0.25, 0.3) is 0 Å². The fourth-order valence-electron chi connectivity index (χ4n) is 0.881. The molecule has 1 aromatic rings. The van der Waals surface area contributed by atoms with E-state index in [1.165, 1.54) is 25.4 Å². The van der Waals surface area contributed by atoms with Crippen molar-refractivity contribution in [3.05, 3.63) is 15.4 Å². The molecule has 0 atom stereocenters. The van der Waals surface area contributed by atoms with Gasteiger partial charge in [0.05, 0.1) is 7.11 Å². The van der Waals surface area contributed by atoms with Crippen LogP contribution in [0.4, 0.5) is 5.00 Å². The zero-order valence-corrected chi connectivity index (χ0v) is 9.99. The number of halogens is 1. The van der Waals surface area contributed by atoms with E-state index in [1.54, 1.807) is 5.38 Å². The fourth-order valence-corrected chi connectivity index (χ4v) is 2.51. The fraction of sp³-hybridized carbons (Fsp3) is 0.250. The number of methoxy groups -OCH3 is 1. The van der Waals surface area contributed by atoms with Crippen LogP contribution in [0.15, 0.2) is 9.85 Å². The third-order valence-corrected chi connectivity index (χ3v) is 3.25. The molecule has 1 heterocycles. The largest absolute Gasteiger partial charge is 0.465 e. The second kappa shape index (κ2) is 4.56. The minimum atomic E-state index is -0.470. The molecule has 1 N–H and O–H groups in total. The number of nitrogens with one attached hydrogen (secondary N) is 1. The Morgan fingerprint density at radius 1 is 1.57 bits per heavy atom. The summed E-state index contributed by atoms with van der Waals surface area (Å²) in [6, 6.07) is 0. The molecule has 0 aliphatic heterocycles. The lowest BCUT2D eigenvalue weighted by atomic mass is 10.3. The molecule has 0 radical (unpaired) electrons. The van der Waals surface area contributed by atoms with Gasteiger partial charge in [0, 0.05) is 16.8 Å². The van der Waals surface area contributed by atoms with Gasteiger partial charge in [-0.1, -0.05) is 0 Å². The Kier molecular flexibility index (Phi) is 3.65. The molecule has 0 fully saturated rings. The lowest BCUT2D eigenvalue weighted by Gasteiger charge is -2.02. The van der Waals surface area contributed by atoms with E-state index >= 15 is 0 Å². The van der Waals surface area contributed by atoms with Crippen molar-refractivity contribution >= 4 is 44.1 Å². The minimum absolute atomic E-state index is 0.218. The molecule has 1 amide bonds. The van der Waals surface area contributed by atoms with E-state index in [9.17, 15) is 9.59 Å². The molecular formula is C8H8BrNO3S. The van der Waals surface area contributed by atoms with Crippen molar-refractivity contribution < 1.29 is 14.3 Å². The summed E-state index contributed by atoms with van der Waals surface area (Å²) in [6.45, 7) is 1.38. The van der Waals surface area contributed by atoms with Crippen LogP contribution in [-0.2, 0) is 9.53 Å². The predicted molar refractivity (Wildman–Crippen MR) is 57.7 cm³/mol.